The third-order valence-electron chi connectivity index (χ3n) is 7.44. The van der Waals surface area contributed by atoms with Crippen LogP contribution in [-0.2, 0) is 17.5 Å². The summed E-state index contributed by atoms with van der Waals surface area (Å²) in [6, 6.07) is 11.7. The standard InChI is InChI=1S/C24H24N8O/c25-12-16-10-17(13-28-21(16)26)18-11-20-23(7-9-32(20)30-18)14-31(15-23)22(33)29-24(5-3-6-24)19-4-1-2-8-27-19/h1-2,4,8,10-11,13H,3,5-7,9,14-15H2,(H2,26,28)(H,29,33). The predicted octanol–water partition coefficient (Wildman–Crippen LogP) is 2.54. The Morgan fingerprint density at radius 1 is 1.18 bits per heavy atom. The number of amides is 2. The Hall–Kier alpha value is -3.93. The average molecular weight is 441 g/mol. The predicted molar refractivity (Wildman–Crippen MR) is 121 cm³/mol. The maximum absolute atomic E-state index is 13.1. The lowest BCUT2D eigenvalue weighted by molar-refractivity contribution is 0.0759. The van der Waals surface area contributed by atoms with E-state index >= 15 is 0 Å². The van der Waals surface area contributed by atoms with Crippen LogP contribution in [0.1, 0.15) is 42.6 Å². The van der Waals surface area contributed by atoms with Crippen molar-refractivity contribution in [2.24, 2.45) is 0 Å². The van der Waals surface area contributed by atoms with Crippen molar-refractivity contribution in [3.05, 3.63) is 59.7 Å². The number of hydrogen-bond acceptors (Lipinski definition) is 6. The molecule has 1 saturated carbocycles. The number of nitrogens with one attached hydrogen (secondary N) is 1. The van der Waals surface area contributed by atoms with E-state index in [-0.39, 0.29) is 22.8 Å². The smallest absolute Gasteiger partial charge is 0.318 e. The van der Waals surface area contributed by atoms with Crippen molar-refractivity contribution in [3.8, 4) is 17.3 Å². The molecule has 3 aromatic heterocycles. The van der Waals surface area contributed by atoms with Crippen LogP contribution < -0.4 is 11.1 Å². The van der Waals surface area contributed by atoms with Gasteiger partial charge in [0.05, 0.1) is 22.5 Å². The van der Waals surface area contributed by atoms with Gasteiger partial charge in [-0.05, 0) is 49.9 Å². The molecular formula is C24H24N8O. The Kier molecular flexibility index (Phi) is 4.21. The van der Waals surface area contributed by atoms with Gasteiger partial charge in [-0.1, -0.05) is 6.07 Å². The average Bonchev–Trinajstić information content (AvgIpc) is 3.35. The first-order valence-electron chi connectivity index (χ1n) is 11.2. The van der Waals surface area contributed by atoms with Gasteiger partial charge in [-0.15, -0.1) is 0 Å². The first-order chi connectivity index (χ1) is 16.0. The lowest BCUT2D eigenvalue weighted by Crippen LogP contribution is -2.65. The number of nitriles is 1. The fraction of sp³-hybridized carbons (Fsp3) is 0.375. The molecule has 5 heterocycles. The fourth-order valence-corrected chi connectivity index (χ4v) is 5.36. The maximum atomic E-state index is 13.1. The van der Waals surface area contributed by atoms with E-state index in [0.29, 0.717) is 18.7 Å². The quantitative estimate of drug-likeness (QED) is 0.645. The summed E-state index contributed by atoms with van der Waals surface area (Å²) in [5.41, 5.74) is 9.32. The number of rotatable bonds is 3. The van der Waals surface area contributed by atoms with Gasteiger partial charge in [-0.2, -0.15) is 10.4 Å². The molecule has 166 valence electrons. The molecule has 1 aliphatic carbocycles. The Labute approximate surface area is 191 Å². The number of aryl methyl sites for hydroxylation is 1. The number of carbonyl (C=O) groups is 1. The van der Waals surface area contributed by atoms with Crippen molar-refractivity contribution >= 4 is 11.8 Å². The van der Waals surface area contributed by atoms with Crippen LogP contribution in [0.4, 0.5) is 10.6 Å². The van der Waals surface area contributed by atoms with E-state index in [2.05, 4.69) is 27.4 Å². The van der Waals surface area contributed by atoms with Crippen molar-refractivity contribution in [2.45, 2.75) is 43.2 Å². The zero-order valence-electron chi connectivity index (χ0n) is 18.2. The minimum Gasteiger partial charge on any atom is -0.383 e. The number of anilines is 1. The second-order valence-electron chi connectivity index (χ2n) is 9.37. The molecule has 1 saturated heterocycles. The van der Waals surface area contributed by atoms with E-state index < -0.39 is 0 Å². The molecule has 33 heavy (non-hydrogen) atoms. The lowest BCUT2D eigenvalue weighted by atomic mass is 9.73. The number of likely N-dealkylation sites (tertiary alicyclic amines) is 1. The molecule has 6 rings (SSSR count). The summed E-state index contributed by atoms with van der Waals surface area (Å²) >= 11 is 0. The highest BCUT2D eigenvalue weighted by molar-refractivity contribution is 5.77. The lowest BCUT2D eigenvalue weighted by Gasteiger charge is -2.50. The highest BCUT2D eigenvalue weighted by atomic mass is 16.2. The van der Waals surface area contributed by atoms with E-state index in [9.17, 15) is 10.1 Å². The van der Waals surface area contributed by atoms with Gasteiger partial charge < -0.3 is 16.0 Å². The van der Waals surface area contributed by atoms with Gasteiger partial charge in [0.2, 0.25) is 0 Å². The summed E-state index contributed by atoms with van der Waals surface area (Å²) in [4.78, 5) is 23.6. The molecule has 0 bridgehead atoms. The van der Waals surface area contributed by atoms with Gasteiger partial charge in [0.25, 0.3) is 0 Å². The molecule has 3 N–H and O–H groups in total. The summed E-state index contributed by atoms with van der Waals surface area (Å²) in [5.74, 6) is 0.222. The highest BCUT2D eigenvalue weighted by Crippen LogP contribution is 2.45. The number of aromatic nitrogens is 4. The molecule has 0 radical (unpaired) electrons. The van der Waals surface area contributed by atoms with Gasteiger partial charge in [0.15, 0.2) is 0 Å². The molecule has 9 heteroatoms. The van der Waals surface area contributed by atoms with Crippen molar-refractivity contribution in [1.29, 1.82) is 5.26 Å². The van der Waals surface area contributed by atoms with Gasteiger partial charge in [-0.3, -0.25) is 9.67 Å². The maximum Gasteiger partial charge on any atom is 0.318 e. The number of fused-ring (bicyclic) bond motifs is 2. The first-order valence-corrected chi connectivity index (χ1v) is 11.2. The van der Waals surface area contributed by atoms with Crippen LogP contribution >= 0.6 is 0 Å². The number of urea groups is 1. The minimum atomic E-state index is -0.341. The summed E-state index contributed by atoms with van der Waals surface area (Å²) in [6.45, 7) is 2.16. The molecule has 2 fully saturated rings. The largest absolute Gasteiger partial charge is 0.383 e. The van der Waals surface area contributed by atoms with Crippen LogP contribution in [0.2, 0.25) is 0 Å². The molecule has 0 unspecified atom stereocenters. The summed E-state index contributed by atoms with van der Waals surface area (Å²) < 4.78 is 2.02. The molecule has 9 nitrogen and oxygen atoms in total. The molecule has 3 aliphatic rings. The molecule has 2 aliphatic heterocycles. The summed E-state index contributed by atoms with van der Waals surface area (Å²) in [6.07, 6.45) is 7.34. The Morgan fingerprint density at radius 2 is 2.03 bits per heavy atom. The van der Waals surface area contributed by atoms with E-state index in [4.69, 9.17) is 10.8 Å². The Morgan fingerprint density at radius 3 is 2.73 bits per heavy atom. The van der Waals surface area contributed by atoms with Crippen LogP contribution in [-0.4, -0.2) is 43.8 Å². The van der Waals surface area contributed by atoms with E-state index in [0.717, 1.165) is 54.9 Å². The van der Waals surface area contributed by atoms with Crippen molar-refractivity contribution < 1.29 is 4.79 Å². The van der Waals surface area contributed by atoms with Crippen LogP contribution in [0.15, 0.2) is 42.7 Å². The highest BCUT2D eigenvalue weighted by Gasteiger charge is 2.53. The topological polar surface area (TPSA) is 126 Å². The molecule has 2 amide bonds. The van der Waals surface area contributed by atoms with Crippen molar-refractivity contribution in [1.82, 2.24) is 30.0 Å². The number of nitrogens with zero attached hydrogens (tertiary/aromatic N) is 6. The number of carbonyl (C=O) groups excluding carboxylic acids is 1. The number of hydrogen-bond donors (Lipinski definition) is 2. The summed E-state index contributed by atoms with van der Waals surface area (Å²) in [7, 11) is 0. The number of nitrogen functional groups attached to an aromatic ring is 1. The third-order valence-corrected chi connectivity index (χ3v) is 7.44. The Bertz CT molecular complexity index is 1280. The van der Waals surface area contributed by atoms with Gasteiger partial charge in [-0.25, -0.2) is 9.78 Å². The molecule has 0 atom stereocenters. The van der Waals surface area contributed by atoms with Crippen LogP contribution in [0.25, 0.3) is 11.3 Å². The second-order valence-corrected chi connectivity index (χ2v) is 9.37. The van der Waals surface area contributed by atoms with Crippen molar-refractivity contribution in [2.75, 3.05) is 18.8 Å². The monoisotopic (exact) mass is 440 g/mol. The Balaban J connectivity index is 1.18. The second kappa shape index (κ2) is 7.04. The summed E-state index contributed by atoms with van der Waals surface area (Å²) in [5, 5.41) is 17.3. The van der Waals surface area contributed by atoms with E-state index in [1.54, 1.807) is 18.5 Å². The third kappa shape index (κ3) is 2.98. The zero-order valence-corrected chi connectivity index (χ0v) is 18.2. The zero-order chi connectivity index (χ0) is 22.6. The van der Waals surface area contributed by atoms with Gasteiger partial charge >= 0.3 is 6.03 Å². The van der Waals surface area contributed by atoms with Crippen LogP contribution in [0.5, 0.6) is 0 Å². The SMILES string of the molecule is N#Cc1cc(-c2cc3n(n2)CCC32CN(C(=O)NC3(c4ccccn4)CCC3)C2)cnc1N. The van der Waals surface area contributed by atoms with E-state index in [1.807, 2.05) is 27.8 Å². The van der Waals surface area contributed by atoms with Gasteiger partial charge in [0.1, 0.15) is 11.9 Å². The molecule has 1 spiro atoms. The molecule has 3 aromatic rings. The van der Waals surface area contributed by atoms with Crippen molar-refractivity contribution in [3.63, 3.8) is 0 Å². The van der Waals surface area contributed by atoms with Crippen LogP contribution in [0, 0.1) is 11.3 Å². The van der Waals surface area contributed by atoms with Gasteiger partial charge in [0, 0.05) is 48.7 Å². The molecule has 0 aromatic carbocycles. The van der Waals surface area contributed by atoms with E-state index in [1.165, 1.54) is 0 Å². The number of pyridine rings is 2. The number of nitrogens with two attached hydrogens (primary N) is 1. The fourth-order valence-electron chi connectivity index (χ4n) is 5.36. The van der Waals surface area contributed by atoms with Crippen LogP contribution in [0.3, 0.4) is 0 Å². The first kappa shape index (κ1) is 19.7. The normalized spacial score (nSPS) is 19.3. The minimum absolute atomic E-state index is 0.0226. The molecular weight excluding hydrogens is 416 g/mol.